The number of para-hydroxylation sites is 1. The van der Waals surface area contributed by atoms with Crippen LogP contribution in [0.2, 0.25) is 0 Å². The van der Waals surface area contributed by atoms with Crippen molar-refractivity contribution >= 4 is 11.6 Å². The quantitative estimate of drug-likeness (QED) is 0.707. The van der Waals surface area contributed by atoms with Crippen molar-refractivity contribution in [1.29, 1.82) is 0 Å². The lowest BCUT2D eigenvalue weighted by Crippen LogP contribution is -1.87. The molecule has 0 spiro atoms. The van der Waals surface area contributed by atoms with E-state index in [0.717, 1.165) is 22.6 Å². The molecule has 2 aromatic rings. The Hall–Kier alpha value is -1.47. The summed E-state index contributed by atoms with van der Waals surface area (Å²) in [6, 6.07) is 15.8. The fourth-order valence-corrected chi connectivity index (χ4v) is 1.62. The molecule has 0 aromatic heterocycles. The van der Waals surface area contributed by atoms with E-state index >= 15 is 0 Å². The fraction of sp³-hybridized carbons (Fsp3) is 0.143. The molecule has 0 fully saturated rings. The highest BCUT2D eigenvalue weighted by Crippen LogP contribution is 2.24. The van der Waals surface area contributed by atoms with E-state index in [4.69, 9.17) is 16.3 Å². The molecule has 0 aliphatic heterocycles. The van der Waals surface area contributed by atoms with Crippen molar-refractivity contribution in [2.45, 2.75) is 12.8 Å². The first kappa shape index (κ1) is 11.0. The Labute approximate surface area is 101 Å². The molecule has 0 amide bonds. The molecule has 0 atom stereocenters. The summed E-state index contributed by atoms with van der Waals surface area (Å²) in [6.07, 6.45) is 0. The third kappa shape index (κ3) is 2.56. The molecule has 0 saturated carbocycles. The van der Waals surface area contributed by atoms with Crippen molar-refractivity contribution in [2.24, 2.45) is 0 Å². The van der Waals surface area contributed by atoms with Crippen LogP contribution in [0.3, 0.4) is 0 Å². The second kappa shape index (κ2) is 5.04. The molecule has 2 heteroatoms. The van der Waals surface area contributed by atoms with Crippen LogP contribution in [0.1, 0.15) is 11.1 Å². The maximum atomic E-state index is 5.77. The van der Waals surface area contributed by atoms with Crippen LogP contribution in [0.25, 0.3) is 0 Å². The first-order chi connectivity index (χ1) is 7.79. The average molecular weight is 233 g/mol. The Kier molecular flexibility index (Phi) is 3.47. The van der Waals surface area contributed by atoms with Crippen LogP contribution in [0.4, 0.5) is 0 Å². The van der Waals surface area contributed by atoms with E-state index in [-0.39, 0.29) is 0 Å². The van der Waals surface area contributed by atoms with E-state index in [1.54, 1.807) is 0 Å². The summed E-state index contributed by atoms with van der Waals surface area (Å²) in [4.78, 5) is 0. The number of hydrogen-bond donors (Lipinski definition) is 0. The molecule has 0 saturated heterocycles. The molecule has 1 nitrogen and oxygen atoms in total. The first-order valence-electron chi connectivity index (χ1n) is 5.18. The smallest absolute Gasteiger partial charge is 0.130 e. The number of alkyl halides is 1. The molecule has 0 N–H and O–H groups in total. The second-order valence-corrected chi connectivity index (χ2v) is 3.91. The van der Waals surface area contributed by atoms with E-state index in [1.807, 2.05) is 55.5 Å². The molecule has 0 heterocycles. The SMILES string of the molecule is Cc1ccccc1Oc1ccc(CCl)cc1. The second-order valence-electron chi connectivity index (χ2n) is 3.65. The molecule has 2 rings (SSSR count). The Morgan fingerprint density at radius 2 is 1.69 bits per heavy atom. The van der Waals surface area contributed by atoms with Crippen LogP contribution in [0, 0.1) is 6.92 Å². The highest BCUT2D eigenvalue weighted by atomic mass is 35.5. The van der Waals surface area contributed by atoms with Gasteiger partial charge in [0, 0.05) is 5.88 Å². The van der Waals surface area contributed by atoms with Gasteiger partial charge in [-0.05, 0) is 36.2 Å². The van der Waals surface area contributed by atoms with Crippen LogP contribution in [-0.2, 0) is 5.88 Å². The summed E-state index contributed by atoms with van der Waals surface area (Å²) < 4.78 is 5.77. The highest BCUT2D eigenvalue weighted by molar-refractivity contribution is 6.17. The molecular weight excluding hydrogens is 220 g/mol. The minimum absolute atomic E-state index is 0.532. The largest absolute Gasteiger partial charge is 0.457 e. The number of aryl methyl sites for hydroxylation is 1. The summed E-state index contributed by atoms with van der Waals surface area (Å²) in [5.41, 5.74) is 2.22. The van der Waals surface area contributed by atoms with Crippen LogP contribution in [-0.4, -0.2) is 0 Å². The highest BCUT2D eigenvalue weighted by Gasteiger charge is 1.99. The van der Waals surface area contributed by atoms with Crippen molar-refractivity contribution in [3.8, 4) is 11.5 Å². The summed E-state index contributed by atoms with van der Waals surface area (Å²) in [5.74, 6) is 2.26. The van der Waals surface area contributed by atoms with E-state index in [9.17, 15) is 0 Å². The maximum Gasteiger partial charge on any atom is 0.130 e. The molecule has 16 heavy (non-hydrogen) atoms. The van der Waals surface area contributed by atoms with Gasteiger partial charge in [-0.1, -0.05) is 30.3 Å². The van der Waals surface area contributed by atoms with Gasteiger partial charge in [-0.3, -0.25) is 0 Å². The van der Waals surface area contributed by atoms with E-state index < -0.39 is 0 Å². The molecule has 0 unspecified atom stereocenters. The van der Waals surface area contributed by atoms with E-state index in [0.29, 0.717) is 5.88 Å². The summed E-state index contributed by atoms with van der Waals surface area (Å²) in [5, 5.41) is 0. The third-order valence-corrected chi connectivity index (χ3v) is 2.71. The van der Waals surface area contributed by atoms with Gasteiger partial charge in [0.25, 0.3) is 0 Å². The van der Waals surface area contributed by atoms with Gasteiger partial charge in [-0.25, -0.2) is 0 Å². The summed E-state index contributed by atoms with van der Waals surface area (Å²) in [6.45, 7) is 2.03. The van der Waals surface area contributed by atoms with Crippen LogP contribution < -0.4 is 4.74 Å². The summed E-state index contributed by atoms with van der Waals surface area (Å²) in [7, 11) is 0. The van der Waals surface area contributed by atoms with Gasteiger partial charge in [0.1, 0.15) is 11.5 Å². The lowest BCUT2D eigenvalue weighted by Gasteiger charge is -2.08. The fourth-order valence-electron chi connectivity index (χ4n) is 1.44. The minimum Gasteiger partial charge on any atom is -0.457 e. The topological polar surface area (TPSA) is 9.23 Å². The number of hydrogen-bond acceptors (Lipinski definition) is 1. The Morgan fingerprint density at radius 3 is 2.31 bits per heavy atom. The standard InChI is InChI=1S/C14H13ClO/c1-11-4-2-3-5-14(11)16-13-8-6-12(10-15)7-9-13/h2-9H,10H2,1H3. The Balaban J connectivity index is 2.18. The predicted octanol–water partition coefficient (Wildman–Crippen LogP) is 4.53. The zero-order chi connectivity index (χ0) is 11.4. The monoisotopic (exact) mass is 232 g/mol. The lowest BCUT2D eigenvalue weighted by atomic mass is 10.2. The molecule has 2 aromatic carbocycles. The predicted molar refractivity (Wildman–Crippen MR) is 67.3 cm³/mol. The number of ether oxygens (including phenoxy) is 1. The zero-order valence-electron chi connectivity index (χ0n) is 9.11. The average Bonchev–Trinajstić information content (AvgIpc) is 2.33. The molecule has 0 radical (unpaired) electrons. The van der Waals surface area contributed by atoms with Crippen molar-refractivity contribution in [3.05, 3.63) is 59.7 Å². The van der Waals surface area contributed by atoms with Gasteiger partial charge >= 0.3 is 0 Å². The molecular formula is C14H13ClO. The van der Waals surface area contributed by atoms with Gasteiger partial charge < -0.3 is 4.74 Å². The van der Waals surface area contributed by atoms with Crippen molar-refractivity contribution < 1.29 is 4.74 Å². The minimum atomic E-state index is 0.532. The van der Waals surface area contributed by atoms with Crippen LogP contribution in [0.5, 0.6) is 11.5 Å². The molecule has 0 aliphatic carbocycles. The van der Waals surface area contributed by atoms with Gasteiger partial charge in [0.15, 0.2) is 0 Å². The Bertz CT molecular complexity index is 462. The van der Waals surface area contributed by atoms with Gasteiger partial charge in [-0.15, -0.1) is 11.6 Å². The molecule has 0 bridgehead atoms. The molecule has 82 valence electrons. The van der Waals surface area contributed by atoms with E-state index in [1.165, 1.54) is 0 Å². The number of benzene rings is 2. The van der Waals surface area contributed by atoms with Crippen molar-refractivity contribution in [2.75, 3.05) is 0 Å². The molecule has 0 aliphatic rings. The van der Waals surface area contributed by atoms with Crippen LogP contribution >= 0.6 is 11.6 Å². The van der Waals surface area contributed by atoms with Crippen LogP contribution in [0.15, 0.2) is 48.5 Å². The number of halogens is 1. The third-order valence-electron chi connectivity index (χ3n) is 2.40. The van der Waals surface area contributed by atoms with Crippen molar-refractivity contribution in [1.82, 2.24) is 0 Å². The van der Waals surface area contributed by atoms with Gasteiger partial charge in [0.2, 0.25) is 0 Å². The lowest BCUT2D eigenvalue weighted by molar-refractivity contribution is 0.479. The maximum absolute atomic E-state index is 5.77. The van der Waals surface area contributed by atoms with E-state index in [2.05, 4.69) is 0 Å². The van der Waals surface area contributed by atoms with Crippen molar-refractivity contribution in [3.63, 3.8) is 0 Å². The Morgan fingerprint density at radius 1 is 1.00 bits per heavy atom. The first-order valence-corrected chi connectivity index (χ1v) is 5.71. The normalized spacial score (nSPS) is 10.1. The summed E-state index contributed by atoms with van der Waals surface area (Å²) >= 11 is 5.72. The zero-order valence-corrected chi connectivity index (χ0v) is 9.87. The van der Waals surface area contributed by atoms with Gasteiger partial charge in [-0.2, -0.15) is 0 Å². The number of rotatable bonds is 3. The van der Waals surface area contributed by atoms with Gasteiger partial charge in [0.05, 0.1) is 0 Å².